The Morgan fingerprint density at radius 2 is 1.75 bits per heavy atom. The number of rotatable bonds is 6. The van der Waals surface area contributed by atoms with Crippen LogP contribution in [-0.2, 0) is 22.3 Å². The summed E-state index contributed by atoms with van der Waals surface area (Å²) >= 11 is 0. The van der Waals surface area contributed by atoms with E-state index in [1.54, 1.807) is 13.8 Å². The Morgan fingerprint density at radius 1 is 1.17 bits per heavy atom. The van der Waals surface area contributed by atoms with Crippen molar-refractivity contribution in [1.82, 2.24) is 14.4 Å². The second-order valence-corrected chi connectivity index (χ2v) is 5.17. The highest BCUT2D eigenvalue weighted by atomic mass is 19.4. The molecule has 0 aromatic carbocycles. The van der Waals surface area contributed by atoms with Gasteiger partial charge in [-0.05, 0) is 26.0 Å². The Bertz CT molecular complexity index is 651. The minimum Gasteiger partial charge on any atom is -0.342 e. The SMILES string of the molecule is CCN(CC)C(=O)CN(C)C(=O)Cn1cccc(C(F)(F)F)c1=O. The van der Waals surface area contributed by atoms with Crippen LogP contribution in [0.3, 0.4) is 0 Å². The predicted molar refractivity (Wildman–Crippen MR) is 81.3 cm³/mol. The van der Waals surface area contributed by atoms with Gasteiger partial charge in [-0.25, -0.2) is 0 Å². The van der Waals surface area contributed by atoms with Crippen molar-refractivity contribution in [2.24, 2.45) is 0 Å². The first-order chi connectivity index (χ1) is 11.1. The van der Waals surface area contributed by atoms with E-state index in [0.29, 0.717) is 23.7 Å². The minimum absolute atomic E-state index is 0.200. The molecule has 0 aliphatic carbocycles. The Balaban J connectivity index is 2.85. The predicted octanol–water partition coefficient (Wildman–Crippen LogP) is 1.19. The maximum Gasteiger partial charge on any atom is 0.421 e. The lowest BCUT2D eigenvalue weighted by Gasteiger charge is -2.23. The van der Waals surface area contributed by atoms with Gasteiger partial charge in [0, 0.05) is 26.3 Å². The van der Waals surface area contributed by atoms with Crippen molar-refractivity contribution in [2.75, 3.05) is 26.7 Å². The number of carbonyl (C=O) groups is 2. The van der Waals surface area contributed by atoms with Gasteiger partial charge in [0.05, 0.1) is 6.54 Å². The first-order valence-electron chi connectivity index (χ1n) is 7.40. The zero-order valence-electron chi connectivity index (χ0n) is 13.8. The van der Waals surface area contributed by atoms with Gasteiger partial charge in [-0.3, -0.25) is 14.4 Å². The molecule has 0 aliphatic rings. The lowest BCUT2D eigenvalue weighted by Crippen LogP contribution is -2.43. The summed E-state index contributed by atoms with van der Waals surface area (Å²) in [7, 11) is 1.36. The second kappa shape index (κ2) is 7.98. The lowest BCUT2D eigenvalue weighted by molar-refractivity contribution is -0.140. The van der Waals surface area contributed by atoms with Crippen LogP contribution >= 0.6 is 0 Å². The Morgan fingerprint density at radius 3 is 2.25 bits per heavy atom. The van der Waals surface area contributed by atoms with Crippen LogP contribution in [-0.4, -0.2) is 52.9 Å². The molecular weight excluding hydrogens is 327 g/mol. The van der Waals surface area contributed by atoms with E-state index in [0.717, 1.165) is 17.2 Å². The molecule has 24 heavy (non-hydrogen) atoms. The van der Waals surface area contributed by atoms with Crippen LogP contribution in [0, 0.1) is 0 Å². The second-order valence-electron chi connectivity index (χ2n) is 5.17. The molecule has 0 fully saturated rings. The van der Waals surface area contributed by atoms with E-state index in [2.05, 4.69) is 0 Å². The molecule has 6 nitrogen and oxygen atoms in total. The van der Waals surface area contributed by atoms with E-state index < -0.39 is 29.8 Å². The molecular formula is C15H20F3N3O3. The van der Waals surface area contributed by atoms with Crippen LogP contribution in [0.15, 0.2) is 23.1 Å². The van der Waals surface area contributed by atoms with Crippen molar-refractivity contribution in [3.05, 3.63) is 34.2 Å². The van der Waals surface area contributed by atoms with Gasteiger partial charge < -0.3 is 14.4 Å². The molecule has 0 saturated carbocycles. The third-order valence-electron chi connectivity index (χ3n) is 3.55. The van der Waals surface area contributed by atoms with Crippen molar-refractivity contribution in [1.29, 1.82) is 0 Å². The van der Waals surface area contributed by atoms with E-state index in [4.69, 9.17) is 0 Å². The van der Waals surface area contributed by atoms with Crippen LogP contribution in [0.1, 0.15) is 19.4 Å². The van der Waals surface area contributed by atoms with Crippen LogP contribution in [0.4, 0.5) is 13.2 Å². The third-order valence-corrected chi connectivity index (χ3v) is 3.55. The van der Waals surface area contributed by atoms with Crippen LogP contribution in [0.25, 0.3) is 0 Å². The van der Waals surface area contributed by atoms with Gasteiger partial charge in [0.25, 0.3) is 5.56 Å². The van der Waals surface area contributed by atoms with E-state index in [1.165, 1.54) is 11.9 Å². The van der Waals surface area contributed by atoms with E-state index in [9.17, 15) is 27.6 Å². The standard InChI is InChI=1S/C15H20F3N3O3/c1-4-20(5-2)13(23)9-19(3)12(22)10-21-8-6-7-11(14(21)24)15(16,17)18/h6-8H,4-5,9-10H2,1-3H3. The van der Waals surface area contributed by atoms with Crippen molar-refractivity contribution >= 4 is 11.8 Å². The molecule has 0 unspecified atom stereocenters. The first-order valence-corrected chi connectivity index (χ1v) is 7.40. The highest BCUT2D eigenvalue weighted by Crippen LogP contribution is 2.25. The molecule has 0 N–H and O–H groups in total. The number of hydrogen-bond acceptors (Lipinski definition) is 3. The molecule has 1 rings (SSSR count). The number of nitrogens with zero attached hydrogens (tertiary/aromatic N) is 3. The van der Waals surface area contributed by atoms with Gasteiger partial charge in [-0.1, -0.05) is 0 Å². The molecule has 0 saturated heterocycles. The van der Waals surface area contributed by atoms with Gasteiger partial charge in [-0.2, -0.15) is 13.2 Å². The molecule has 9 heteroatoms. The van der Waals surface area contributed by atoms with Gasteiger partial charge in [-0.15, -0.1) is 0 Å². The fourth-order valence-corrected chi connectivity index (χ4v) is 2.11. The van der Waals surface area contributed by atoms with Gasteiger partial charge in [0.2, 0.25) is 11.8 Å². The summed E-state index contributed by atoms with van der Waals surface area (Å²) in [5.74, 6) is -0.899. The van der Waals surface area contributed by atoms with Crippen LogP contribution in [0.5, 0.6) is 0 Å². The molecule has 0 bridgehead atoms. The zero-order chi connectivity index (χ0) is 18.5. The number of amides is 2. The monoisotopic (exact) mass is 347 g/mol. The van der Waals surface area contributed by atoms with E-state index >= 15 is 0 Å². The van der Waals surface area contributed by atoms with Crippen molar-refractivity contribution < 1.29 is 22.8 Å². The fraction of sp³-hybridized carbons (Fsp3) is 0.533. The molecule has 0 atom stereocenters. The summed E-state index contributed by atoms with van der Waals surface area (Å²) in [5.41, 5.74) is -2.62. The highest BCUT2D eigenvalue weighted by molar-refractivity contribution is 5.84. The van der Waals surface area contributed by atoms with Crippen LogP contribution < -0.4 is 5.56 Å². The number of aromatic nitrogens is 1. The molecule has 1 aromatic rings. The number of likely N-dealkylation sites (N-methyl/N-ethyl adjacent to an activating group) is 2. The maximum atomic E-state index is 12.7. The molecule has 0 aliphatic heterocycles. The van der Waals surface area contributed by atoms with Crippen molar-refractivity contribution in [3.63, 3.8) is 0 Å². The summed E-state index contributed by atoms with van der Waals surface area (Å²) in [6.45, 7) is 3.81. The van der Waals surface area contributed by atoms with Crippen molar-refractivity contribution in [2.45, 2.75) is 26.6 Å². The topological polar surface area (TPSA) is 62.6 Å². The molecule has 134 valence electrons. The zero-order valence-corrected chi connectivity index (χ0v) is 13.8. The molecule has 2 amide bonds. The Labute approximate surface area is 137 Å². The largest absolute Gasteiger partial charge is 0.421 e. The minimum atomic E-state index is -4.78. The third kappa shape index (κ3) is 4.84. The average Bonchev–Trinajstić information content (AvgIpc) is 2.49. The Hall–Kier alpha value is -2.32. The van der Waals surface area contributed by atoms with Gasteiger partial charge in [0.15, 0.2) is 0 Å². The number of alkyl halides is 3. The fourth-order valence-electron chi connectivity index (χ4n) is 2.11. The number of carbonyl (C=O) groups excluding carboxylic acids is 2. The average molecular weight is 347 g/mol. The normalized spacial score (nSPS) is 11.2. The Kier molecular flexibility index (Phi) is 6.56. The first kappa shape index (κ1) is 19.7. The van der Waals surface area contributed by atoms with Gasteiger partial charge >= 0.3 is 6.18 Å². The summed E-state index contributed by atoms with van der Waals surface area (Å²) in [4.78, 5) is 38.4. The van der Waals surface area contributed by atoms with E-state index in [1.807, 2.05) is 0 Å². The summed E-state index contributed by atoms with van der Waals surface area (Å²) < 4.78 is 38.8. The quantitative estimate of drug-likeness (QED) is 0.777. The molecule has 1 aromatic heterocycles. The van der Waals surface area contributed by atoms with E-state index in [-0.39, 0.29) is 12.5 Å². The molecule has 0 radical (unpaired) electrons. The smallest absolute Gasteiger partial charge is 0.342 e. The lowest BCUT2D eigenvalue weighted by atomic mass is 10.2. The number of halogens is 3. The van der Waals surface area contributed by atoms with Crippen LogP contribution in [0.2, 0.25) is 0 Å². The molecule has 1 heterocycles. The maximum absolute atomic E-state index is 12.7. The van der Waals surface area contributed by atoms with Crippen molar-refractivity contribution in [3.8, 4) is 0 Å². The highest BCUT2D eigenvalue weighted by Gasteiger charge is 2.34. The summed E-state index contributed by atoms with van der Waals surface area (Å²) in [6, 6.07) is 1.72. The summed E-state index contributed by atoms with van der Waals surface area (Å²) in [6.07, 6.45) is -3.68. The molecule has 0 spiro atoms. The number of pyridine rings is 1. The summed E-state index contributed by atoms with van der Waals surface area (Å²) in [5, 5.41) is 0. The van der Waals surface area contributed by atoms with Gasteiger partial charge in [0.1, 0.15) is 12.1 Å². The number of hydrogen-bond donors (Lipinski definition) is 0.